The number of rotatable bonds is 5. The quantitative estimate of drug-likeness (QED) is 0.802. The predicted molar refractivity (Wildman–Crippen MR) is 78.8 cm³/mol. The zero-order valence-corrected chi connectivity index (χ0v) is 13.2. The number of hydrogen-bond acceptors (Lipinski definition) is 3. The average molecular weight is 388 g/mol. The average Bonchev–Trinajstić information content (AvgIpc) is 2.87. The van der Waals surface area contributed by atoms with Crippen molar-refractivity contribution in [2.45, 2.75) is 13.0 Å². The Balaban J connectivity index is 1.81. The molecule has 19 heavy (non-hydrogen) atoms. The second-order valence-corrected chi connectivity index (χ2v) is 5.67. The molecule has 0 spiro atoms. The summed E-state index contributed by atoms with van der Waals surface area (Å²) in [6.45, 7) is 1.34. The van der Waals surface area contributed by atoms with Gasteiger partial charge in [0.15, 0.2) is 0 Å². The third-order valence-corrected chi connectivity index (χ3v) is 3.65. The molecule has 0 fully saturated rings. The molecule has 5 nitrogen and oxygen atoms in total. The summed E-state index contributed by atoms with van der Waals surface area (Å²) in [6, 6.07) is 5.47. The van der Waals surface area contributed by atoms with Crippen molar-refractivity contribution in [2.24, 2.45) is 0 Å². The Morgan fingerprint density at radius 1 is 1.37 bits per heavy atom. The third kappa shape index (κ3) is 4.14. The molecule has 1 N–H and O–H groups in total. The van der Waals surface area contributed by atoms with E-state index in [4.69, 9.17) is 0 Å². The van der Waals surface area contributed by atoms with Gasteiger partial charge in [-0.3, -0.25) is 9.48 Å². The zero-order valence-electron chi connectivity index (χ0n) is 10.0. The summed E-state index contributed by atoms with van der Waals surface area (Å²) in [5.74, 6) is -0.0852. The maximum absolute atomic E-state index is 11.9. The first kappa shape index (κ1) is 14.2. The van der Waals surface area contributed by atoms with Gasteiger partial charge in [0.2, 0.25) is 0 Å². The predicted octanol–water partition coefficient (Wildman–Crippen LogP) is 2.62. The minimum atomic E-state index is -0.0852. The summed E-state index contributed by atoms with van der Waals surface area (Å²) in [5, 5.41) is 10.5. The van der Waals surface area contributed by atoms with Crippen molar-refractivity contribution in [3.63, 3.8) is 0 Å². The first-order chi connectivity index (χ1) is 9.16. The highest BCUT2D eigenvalue weighted by atomic mass is 79.9. The van der Waals surface area contributed by atoms with Gasteiger partial charge in [0, 0.05) is 28.2 Å². The van der Waals surface area contributed by atoms with Crippen molar-refractivity contribution in [2.75, 3.05) is 6.54 Å². The fourth-order valence-corrected chi connectivity index (χ4v) is 2.79. The van der Waals surface area contributed by atoms with Crippen molar-refractivity contribution >= 4 is 37.8 Å². The van der Waals surface area contributed by atoms with Crippen LogP contribution < -0.4 is 5.32 Å². The van der Waals surface area contributed by atoms with E-state index in [-0.39, 0.29) is 5.91 Å². The Morgan fingerprint density at radius 2 is 2.21 bits per heavy atom. The van der Waals surface area contributed by atoms with Crippen molar-refractivity contribution < 1.29 is 4.79 Å². The van der Waals surface area contributed by atoms with E-state index in [9.17, 15) is 4.79 Å². The SMILES string of the molecule is O=C(NCCCn1ccnn1)c1ccc(Br)cc1Br. The monoisotopic (exact) mass is 386 g/mol. The topological polar surface area (TPSA) is 59.8 Å². The molecule has 1 aromatic carbocycles. The van der Waals surface area contributed by atoms with E-state index >= 15 is 0 Å². The minimum Gasteiger partial charge on any atom is -0.352 e. The van der Waals surface area contributed by atoms with Gasteiger partial charge in [0.25, 0.3) is 5.91 Å². The van der Waals surface area contributed by atoms with E-state index in [0.29, 0.717) is 12.1 Å². The number of amides is 1. The molecular weight excluding hydrogens is 376 g/mol. The van der Waals surface area contributed by atoms with Crippen LogP contribution in [0, 0.1) is 0 Å². The first-order valence-corrected chi connectivity index (χ1v) is 7.33. The maximum atomic E-state index is 11.9. The molecule has 0 atom stereocenters. The number of nitrogens with one attached hydrogen (secondary N) is 1. The number of aromatic nitrogens is 3. The summed E-state index contributed by atoms with van der Waals surface area (Å²) >= 11 is 6.73. The molecule has 100 valence electrons. The Morgan fingerprint density at radius 3 is 2.89 bits per heavy atom. The number of hydrogen-bond donors (Lipinski definition) is 1. The van der Waals surface area contributed by atoms with E-state index in [1.807, 2.05) is 12.1 Å². The molecular formula is C12H12Br2N4O. The number of benzene rings is 1. The zero-order chi connectivity index (χ0) is 13.7. The van der Waals surface area contributed by atoms with Gasteiger partial charge in [-0.2, -0.15) is 0 Å². The van der Waals surface area contributed by atoms with Gasteiger partial charge in [-0.05, 0) is 40.5 Å². The molecule has 1 heterocycles. The molecule has 0 radical (unpaired) electrons. The van der Waals surface area contributed by atoms with Crippen molar-refractivity contribution in [1.29, 1.82) is 0 Å². The van der Waals surface area contributed by atoms with Gasteiger partial charge in [-0.1, -0.05) is 21.1 Å². The maximum Gasteiger partial charge on any atom is 0.252 e. The van der Waals surface area contributed by atoms with Gasteiger partial charge in [0.05, 0.1) is 11.8 Å². The molecule has 0 aliphatic heterocycles. The second-order valence-electron chi connectivity index (χ2n) is 3.90. The Hall–Kier alpha value is -1.21. The first-order valence-electron chi connectivity index (χ1n) is 5.74. The van der Waals surface area contributed by atoms with Gasteiger partial charge < -0.3 is 5.32 Å². The fraction of sp³-hybridized carbons (Fsp3) is 0.250. The molecule has 0 bridgehead atoms. The summed E-state index contributed by atoms with van der Waals surface area (Å²) in [5.41, 5.74) is 0.629. The van der Waals surface area contributed by atoms with Crippen molar-refractivity contribution in [1.82, 2.24) is 20.3 Å². The van der Waals surface area contributed by atoms with Crippen LogP contribution in [0.4, 0.5) is 0 Å². The molecule has 0 saturated carbocycles. The number of carbonyl (C=O) groups is 1. The molecule has 2 rings (SSSR count). The van der Waals surface area contributed by atoms with E-state index < -0.39 is 0 Å². The number of nitrogens with zero attached hydrogens (tertiary/aromatic N) is 3. The van der Waals surface area contributed by atoms with Gasteiger partial charge in [-0.15, -0.1) is 5.10 Å². The molecule has 2 aromatic rings. The lowest BCUT2D eigenvalue weighted by Crippen LogP contribution is -2.25. The lowest BCUT2D eigenvalue weighted by atomic mass is 10.2. The van der Waals surface area contributed by atoms with Crippen LogP contribution in [0.3, 0.4) is 0 Å². The summed E-state index contributed by atoms with van der Waals surface area (Å²) in [7, 11) is 0. The smallest absolute Gasteiger partial charge is 0.252 e. The largest absolute Gasteiger partial charge is 0.352 e. The molecule has 1 aromatic heterocycles. The van der Waals surface area contributed by atoms with Gasteiger partial charge in [-0.25, -0.2) is 0 Å². The molecule has 7 heteroatoms. The van der Waals surface area contributed by atoms with Crippen LogP contribution in [0.25, 0.3) is 0 Å². The Kier molecular flexibility index (Phi) is 5.09. The molecule has 0 unspecified atom stereocenters. The minimum absolute atomic E-state index is 0.0852. The summed E-state index contributed by atoms with van der Waals surface area (Å²) < 4.78 is 3.44. The van der Waals surface area contributed by atoms with Crippen LogP contribution in [0.2, 0.25) is 0 Å². The highest BCUT2D eigenvalue weighted by molar-refractivity contribution is 9.11. The molecule has 0 saturated heterocycles. The van der Waals surface area contributed by atoms with Crippen LogP contribution in [0.1, 0.15) is 16.8 Å². The van der Waals surface area contributed by atoms with Crippen LogP contribution in [0.15, 0.2) is 39.5 Å². The number of carbonyl (C=O) groups excluding carboxylic acids is 1. The van der Waals surface area contributed by atoms with Crippen molar-refractivity contribution in [3.8, 4) is 0 Å². The second kappa shape index (κ2) is 6.81. The number of aryl methyl sites for hydroxylation is 1. The van der Waals surface area contributed by atoms with Crippen LogP contribution >= 0.6 is 31.9 Å². The number of halogens is 2. The van der Waals surface area contributed by atoms with Crippen LogP contribution in [0.5, 0.6) is 0 Å². The molecule has 1 amide bonds. The molecule has 0 aliphatic rings. The standard InChI is InChI=1S/C12H12Br2N4O/c13-9-2-3-10(11(14)8-9)12(19)15-4-1-6-18-7-5-16-17-18/h2-3,5,7-8H,1,4,6H2,(H,15,19). The van der Waals surface area contributed by atoms with Crippen LogP contribution in [-0.2, 0) is 6.54 Å². The van der Waals surface area contributed by atoms with Gasteiger partial charge >= 0.3 is 0 Å². The highest BCUT2D eigenvalue weighted by Gasteiger charge is 2.09. The van der Waals surface area contributed by atoms with Crippen molar-refractivity contribution in [3.05, 3.63) is 45.1 Å². The third-order valence-electron chi connectivity index (χ3n) is 2.50. The van der Waals surface area contributed by atoms with E-state index in [1.54, 1.807) is 23.1 Å². The van der Waals surface area contributed by atoms with Gasteiger partial charge in [0.1, 0.15) is 0 Å². The highest BCUT2D eigenvalue weighted by Crippen LogP contribution is 2.21. The Bertz CT molecular complexity index is 557. The summed E-state index contributed by atoms with van der Waals surface area (Å²) in [6.07, 6.45) is 4.24. The van der Waals surface area contributed by atoms with E-state index in [2.05, 4.69) is 47.5 Å². The summed E-state index contributed by atoms with van der Waals surface area (Å²) in [4.78, 5) is 11.9. The molecule has 0 aliphatic carbocycles. The Labute approximate surface area is 127 Å². The lowest BCUT2D eigenvalue weighted by molar-refractivity contribution is 0.0952. The van der Waals surface area contributed by atoms with E-state index in [0.717, 1.165) is 21.9 Å². The van der Waals surface area contributed by atoms with E-state index in [1.165, 1.54) is 0 Å². The fourth-order valence-electron chi connectivity index (χ4n) is 1.56. The lowest BCUT2D eigenvalue weighted by Gasteiger charge is -2.07. The van der Waals surface area contributed by atoms with Crippen LogP contribution in [-0.4, -0.2) is 27.4 Å². The normalized spacial score (nSPS) is 10.4.